The number of rotatable bonds is 11. The summed E-state index contributed by atoms with van der Waals surface area (Å²) >= 11 is 0. The van der Waals surface area contributed by atoms with E-state index in [1.807, 2.05) is 35.2 Å². The molecular weight excluding hydrogens is 526 g/mol. The number of nitrogens with one attached hydrogen (secondary N) is 1. The summed E-state index contributed by atoms with van der Waals surface area (Å²) in [4.78, 5) is 30.5. The highest BCUT2D eigenvalue weighted by Gasteiger charge is 2.53. The first-order chi connectivity index (χ1) is 19.8. The number of methoxy groups -OCH3 is 1. The lowest BCUT2D eigenvalue weighted by Gasteiger charge is -2.38. The van der Waals surface area contributed by atoms with Crippen LogP contribution >= 0.6 is 0 Å². The Hall–Kier alpha value is -2.40. The molecule has 4 aliphatic rings. The molecule has 1 aliphatic carbocycles. The maximum absolute atomic E-state index is 13.6. The van der Waals surface area contributed by atoms with E-state index in [9.17, 15) is 14.7 Å². The summed E-state index contributed by atoms with van der Waals surface area (Å²) in [5.74, 6) is 1.18. The van der Waals surface area contributed by atoms with Gasteiger partial charge < -0.3 is 39.2 Å². The molecule has 3 saturated heterocycles. The number of likely N-dealkylation sites (tertiary alicyclic amines) is 1. The molecule has 2 N–H and O–H groups in total. The van der Waals surface area contributed by atoms with E-state index in [1.165, 1.54) is 0 Å². The average molecular weight is 574 g/mol. The van der Waals surface area contributed by atoms with Gasteiger partial charge >= 0.3 is 12.1 Å². The van der Waals surface area contributed by atoms with Gasteiger partial charge in [0.05, 0.1) is 31.4 Å². The van der Waals surface area contributed by atoms with Crippen LogP contribution in [-0.2, 0) is 25.4 Å². The van der Waals surface area contributed by atoms with E-state index < -0.39 is 18.2 Å². The van der Waals surface area contributed by atoms with Crippen molar-refractivity contribution in [2.45, 2.75) is 76.6 Å². The number of piperidine rings is 1. The molecular formula is C31H47N3O7. The second-order valence-corrected chi connectivity index (χ2v) is 12.7. The van der Waals surface area contributed by atoms with Crippen LogP contribution in [0.2, 0.25) is 0 Å². The number of amides is 3. The van der Waals surface area contributed by atoms with Crippen molar-refractivity contribution >= 4 is 12.1 Å². The summed E-state index contributed by atoms with van der Waals surface area (Å²) in [7, 11) is 1.71. The topological polar surface area (TPSA) is 110 Å². The summed E-state index contributed by atoms with van der Waals surface area (Å²) < 4.78 is 23.1. The average Bonchev–Trinajstić information content (AvgIpc) is 3.26. The van der Waals surface area contributed by atoms with E-state index in [1.54, 1.807) is 12.0 Å². The van der Waals surface area contributed by atoms with E-state index in [0.29, 0.717) is 51.1 Å². The zero-order valence-corrected chi connectivity index (χ0v) is 24.7. The van der Waals surface area contributed by atoms with Crippen molar-refractivity contribution in [1.29, 1.82) is 0 Å². The molecule has 3 heterocycles. The van der Waals surface area contributed by atoms with E-state index in [4.69, 9.17) is 18.9 Å². The van der Waals surface area contributed by atoms with Crippen molar-refractivity contribution in [3.05, 3.63) is 35.9 Å². The maximum Gasteiger partial charge on any atom is 0.407 e. The number of carbonyl (C=O) groups excluding carboxylic acids is 2. The van der Waals surface area contributed by atoms with Gasteiger partial charge in [0, 0.05) is 45.2 Å². The number of fused-ring (bicyclic) bond motifs is 2. The van der Waals surface area contributed by atoms with Crippen molar-refractivity contribution in [1.82, 2.24) is 15.1 Å². The molecule has 10 heteroatoms. The monoisotopic (exact) mass is 573 g/mol. The Kier molecular flexibility index (Phi) is 10.1. The lowest BCUT2D eigenvalue weighted by atomic mass is 9.78. The first-order valence-corrected chi connectivity index (χ1v) is 15.3. The van der Waals surface area contributed by atoms with Gasteiger partial charge in [0.1, 0.15) is 6.10 Å². The molecule has 228 valence electrons. The van der Waals surface area contributed by atoms with Crippen LogP contribution in [0.25, 0.3) is 0 Å². The zero-order valence-electron chi connectivity index (χ0n) is 24.7. The molecule has 1 aromatic carbocycles. The molecule has 10 nitrogen and oxygen atoms in total. The SMILES string of the molecule is COCC1CCN(C(=O)N(CC(C)C)C[C@@H](O)[C@H](Cc2ccccc2)NC(=O)O[C@H]2C3COC4OC2CC4C3)CC1. The molecule has 3 aliphatic heterocycles. The lowest BCUT2D eigenvalue weighted by molar-refractivity contribution is -0.153. The van der Waals surface area contributed by atoms with Gasteiger partial charge in [-0.1, -0.05) is 44.2 Å². The third-order valence-electron chi connectivity index (χ3n) is 9.00. The summed E-state index contributed by atoms with van der Waals surface area (Å²) in [6.45, 7) is 7.34. The lowest BCUT2D eigenvalue weighted by Crippen LogP contribution is -2.55. The van der Waals surface area contributed by atoms with Gasteiger partial charge in [0.25, 0.3) is 0 Å². The molecule has 3 bridgehead atoms. The van der Waals surface area contributed by atoms with Crippen LogP contribution in [0, 0.1) is 23.7 Å². The van der Waals surface area contributed by atoms with Crippen LogP contribution in [0.5, 0.6) is 0 Å². The molecule has 41 heavy (non-hydrogen) atoms. The van der Waals surface area contributed by atoms with Crippen LogP contribution in [0.3, 0.4) is 0 Å². The van der Waals surface area contributed by atoms with Gasteiger partial charge in [-0.2, -0.15) is 0 Å². The Labute approximate surface area is 243 Å². The summed E-state index contributed by atoms with van der Waals surface area (Å²) in [5.41, 5.74) is 0.977. The van der Waals surface area contributed by atoms with Crippen LogP contribution < -0.4 is 5.32 Å². The molecule has 4 unspecified atom stereocenters. The molecule has 3 amide bonds. The molecule has 1 aromatic rings. The van der Waals surface area contributed by atoms with Crippen LogP contribution in [-0.4, -0.2) is 104 Å². The van der Waals surface area contributed by atoms with Gasteiger partial charge in [0.2, 0.25) is 0 Å². The first kappa shape index (κ1) is 30.1. The minimum atomic E-state index is -0.992. The third-order valence-corrected chi connectivity index (χ3v) is 9.00. The maximum atomic E-state index is 13.6. The number of benzene rings is 1. The third kappa shape index (κ3) is 7.52. The Balaban J connectivity index is 1.24. The highest BCUT2D eigenvalue weighted by Crippen LogP contribution is 2.46. The van der Waals surface area contributed by atoms with Crippen molar-refractivity contribution in [3.63, 3.8) is 0 Å². The number of hydrogen-bond acceptors (Lipinski definition) is 7. The van der Waals surface area contributed by atoms with Gasteiger partial charge in [-0.05, 0) is 49.5 Å². The van der Waals surface area contributed by atoms with Crippen LogP contribution in [0.1, 0.15) is 45.1 Å². The van der Waals surface area contributed by atoms with Crippen LogP contribution in [0.15, 0.2) is 30.3 Å². The van der Waals surface area contributed by atoms with E-state index >= 15 is 0 Å². The molecule has 7 atom stereocenters. The number of aliphatic hydroxyl groups excluding tert-OH is 1. The Morgan fingerprint density at radius 2 is 1.88 bits per heavy atom. The standard InChI is InChI=1S/C31H47N3O7/c1-20(2)16-34(31(37)33-11-9-22(10-12-33)18-38-3)17-26(35)25(13-21-7-5-4-6-8-21)32-30(36)41-28-24-14-23-15-27(28)40-29(23)39-19-24/h4-8,20,22-29,35H,9-19H2,1-3H3,(H,32,36)/t23?,24?,25-,26+,27?,28-,29?/m0/s1. The normalized spacial score (nSPS) is 28.9. The number of nitrogens with zero attached hydrogens (tertiary/aromatic N) is 2. The van der Waals surface area contributed by atoms with E-state index in [-0.39, 0.29) is 42.9 Å². The molecule has 0 radical (unpaired) electrons. The molecule has 0 spiro atoms. The molecule has 5 rings (SSSR count). The first-order valence-electron chi connectivity index (χ1n) is 15.3. The van der Waals surface area contributed by atoms with Gasteiger partial charge in [0.15, 0.2) is 6.29 Å². The Bertz CT molecular complexity index is 995. The Morgan fingerprint density at radius 1 is 1.12 bits per heavy atom. The smallest absolute Gasteiger partial charge is 0.407 e. The fourth-order valence-corrected chi connectivity index (χ4v) is 6.93. The Morgan fingerprint density at radius 3 is 2.59 bits per heavy atom. The number of hydrogen-bond donors (Lipinski definition) is 2. The highest BCUT2D eigenvalue weighted by molar-refractivity contribution is 5.74. The molecule has 4 fully saturated rings. The van der Waals surface area contributed by atoms with Crippen molar-refractivity contribution in [3.8, 4) is 0 Å². The van der Waals surface area contributed by atoms with Crippen molar-refractivity contribution < 1.29 is 33.6 Å². The highest BCUT2D eigenvalue weighted by atomic mass is 16.7. The van der Waals surface area contributed by atoms with Gasteiger partial charge in [-0.25, -0.2) is 9.59 Å². The number of urea groups is 1. The zero-order chi connectivity index (χ0) is 28.9. The number of aliphatic hydroxyl groups is 1. The second-order valence-electron chi connectivity index (χ2n) is 12.7. The van der Waals surface area contributed by atoms with Gasteiger partial charge in [-0.3, -0.25) is 0 Å². The van der Waals surface area contributed by atoms with Crippen molar-refractivity contribution in [2.24, 2.45) is 23.7 Å². The molecule has 0 aromatic heterocycles. The number of carbonyl (C=O) groups is 2. The summed E-state index contributed by atoms with van der Waals surface area (Å²) in [5, 5.41) is 14.5. The van der Waals surface area contributed by atoms with E-state index in [2.05, 4.69) is 19.2 Å². The second kappa shape index (κ2) is 13.7. The number of alkyl carbamates (subject to hydrolysis) is 1. The largest absolute Gasteiger partial charge is 0.443 e. The minimum absolute atomic E-state index is 0.0689. The fraction of sp³-hybridized carbons (Fsp3) is 0.742. The predicted molar refractivity (Wildman–Crippen MR) is 152 cm³/mol. The quantitative estimate of drug-likeness (QED) is 0.418. The summed E-state index contributed by atoms with van der Waals surface area (Å²) in [6.07, 6.45) is 1.72. The number of ether oxygens (including phenoxy) is 4. The molecule has 1 saturated carbocycles. The van der Waals surface area contributed by atoms with Crippen molar-refractivity contribution in [2.75, 3.05) is 46.5 Å². The van der Waals surface area contributed by atoms with E-state index in [0.717, 1.165) is 31.2 Å². The fourth-order valence-electron chi connectivity index (χ4n) is 6.93. The van der Waals surface area contributed by atoms with Gasteiger partial charge in [-0.15, -0.1) is 0 Å². The van der Waals surface area contributed by atoms with Crippen LogP contribution in [0.4, 0.5) is 9.59 Å². The minimum Gasteiger partial charge on any atom is -0.443 e. The summed E-state index contributed by atoms with van der Waals surface area (Å²) in [6, 6.07) is 9.03. The predicted octanol–water partition coefficient (Wildman–Crippen LogP) is 3.27.